The quantitative estimate of drug-likeness (QED) is 0.943. The van der Waals surface area contributed by atoms with E-state index in [4.69, 9.17) is 0 Å². The standard InChI is InChI=1S/C17H19N3OS/c21-17(19-15-6-8-18-9-7-15)16(14-4-2-1-3-5-14)20-10-12-22-13-11-20/h1-9,16H,10-13H2,(H,18,19,21). The fourth-order valence-corrected chi connectivity index (χ4v) is 3.58. The van der Waals surface area contributed by atoms with Gasteiger partial charge >= 0.3 is 0 Å². The summed E-state index contributed by atoms with van der Waals surface area (Å²) in [5.74, 6) is 2.17. The van der Waals surface area contributed by atoms with Crippen LogP contribution in [0.5, 0.6) is 0 Å². The maximum Gasteiger partial charge on any atom is 0.246 e. The Kier molecular flexibility index (Phi) is 5.08. The summed E-state index contributed by atoms with van der Waals surface area (Å²) in [6.45, 7) is 1.88. The monoisotopic (exact) mass is 313 g/mol. The first-order valence-electron chi connectivity index (χ1n) is 7.42. The van der Waals surface area contributed by atoms with Gasteiger partial charge in [-0.3, -0.25) is 14.7 Å². The highest BCUT2D eigenvalue weighted by atomic mass is 32.2. The zero-order chi connectivity index (χ0) is 15.2. The molecule has 1 N–H and O–H groups in total. The lowest BCUT2D eigenvalue weighted by atomic mass is 10.0. The summed E-state index contributed by atoms with van der Waals surface area (Å²) in [4.78, 5) is 19.1. The smallest absolute Gasteiger partial charge is 0.246 e. The van der Waals surface area contributed by atoms with Crippen molar-refractivity contribution in [3.8, 4) is 0 Å². The average molecular weight is 313 g/mol. The summed E-state index contributed by atoms with van der Waals surface area (Å²) in [6, 6.07) is 13.4. The van der Waals surface area contributed by atoms with Crippen LogP contribution in [0.4, 0.5) is 5.69 Å². The molecule has 0 bridgehead atoms. The number of nitrogens with one attached hydrogen (secondary N) is 1. The molecule has 5 heteroatoms. The van der Waals surface area contributed by atoms with Gasteiger partial charge in [0, 0.05) is 42.7 Å². The Morgan fingerprint density at radius 2 is 1.77 bits per heavy atom. The number of anilines is 1. The highest BCUT2D eigenvalue weighted by molar-refractivity contribution is 7.99. The number of pyridine rings is 1. The zero-order valence-corrected chi connectivity index (χ0v) is 13.1. The minimum atomic E-state index is -0.240. The number of aromatic nitrogens is 1. The topological polar surface area (TPSA) is 45.2 Å². The van der Waals surface area contributed by atoms with Gasteiger partial charge in [-0.1, -0.05) is 30.3 Å². The summed E-state index contributed by atoms with van der Waals surface area (Å²) in [5, 5.41) is 3.01. The van der Waals surface area contributed by atoms with Gasteiger partial charge in [-0.15, -0.1) is 0 Å². The molecule has 1 aromatic heterocycles. The van der Waals surface area contributed by atoms with Crippen LogP contribution in [-0.4, -0.2) is 40.4 Å². The van der Waals surface area contributed by atoms with Crippen molar-refractivity contribution in [2.45, 2.75) is 6.04 Å². The van der Waals surface area contributed by atoms with Crippen LogP contribution >= 0.6 is 11.8 Å². The van der Waals surface area contributed by atoms with Crippen molar-refractivity contribution in [3.05, 3.63) is 60.4 Å². The summed E-state index contributed by atoms with van der Waals surface area (Å²) >= 11 is 1.95. The van der Waals surface area contributed by atoms with E-state index in [2.05, 4.69) is 15.2 Å². The number of carbonyl (C=O) groups is 1. The molecule has 0 aliphatic carbocycles. The lowest BCUT2D eigenvalue weighted by molar-refractivity contribution is -0.121. The highest BCUT2D eigenvalue weighted by Gasteiger charge is 2.28. The van der Waals surface area contributed by atoms with Crippen molar-refractivity contribution in [1.82, 2.24) is 9.88 Å². The van der Waals surface area contributed by atoms with Crippen LogP contribution < -0.4 is 5.32 Å². The van der Waals surface area contributed by atoms with Crippen molar-refractivity contribution in [2.24, 2.45) is 0 Å². The van der Waals surface area contributed by atoms with Crippen LogP contribution in [0.15, 0.2) is 54.9 Å². The van der Waals surface area contributed by atoms with Crippen LogP contribution in [0.3, 0.4) is 0 Å². The molecular formula is C17H19N3OS. The first kappa shape index (κ1) is 15.1. The lowest BCUT2D eigenvalue weighted by Crippen LogP contribution is -2.41. The normalized spacial score (nSPS) is 16.9. The number of hydrogen-bond donors (Lipinski definition) is 1. The number of thioether (sulfide) groups is 1. The maximum atomic E-state index is 12.8. The van der Waals surface area contributed by atoms with Gasteiger partial charge < -0.3 is 5.32 Å². The molecule has 1 aliphatic rings. The van der Waals surface area contributed by atoms with Crippen molar-refractivity contribution in [2.75, 3.05) is 29.9 Å². The second kappa shape index (κ2) is 7.42. The molecule has 114 valence electrons. The first-order chi connectivity index (χ1) is 10.8. The Morgan fingerprint density at radius 3 is 2.45 bits per heavy atom. The molecule has 2 heterocycles. The van der Waals surface area contributed by atoms with Gasteiger partial charge in [-0.25, -0.2) is 0 Å². The largest absolute Gasteiger partial charge is 0.324 e. The number of amides is 1. The summed E-state index contributed by atoms with van der Waals surface area (Å²) in [7, 11) is 0. The van der Waals surface area contributed by atoms with E-state index >= 15 is 0 Å². The Bertz CT molecular complexity index is 600. The second-order valence-corrected chi connectivity index (χ2v) is 6.41. The van der Waals surface area contributed by atoms with Gasteiger partial charge in [-0.05, 0) is 17.7 Å². The number of carbonyl (C=O) groups excluding carboxylic acids is 1. The van der Waals surface area contributed by atoms with E-state index in [-0.39, 0.29) is 11.9 Å². The second-order valence-electron chi connectivity index (χ2n) is 5.19. The maximum absolute atomic E-state index is 12.8. The van der Waals surface area contributed by atoms with Gasteiger partial charge in [0.2, 0.25) is 5.91 Å². The lowest BCUT2D eigenvalue weighted by Gasteiger charge is -2.33. The Morgan fingerprint density at radius 1 is 1.09 bits per heavy atom. The van der Waals surface area contributed by atoms with Crippen LogP contribution in [0, 0.1) is 0 Å². The van der Waals surface area contributed by atoms with Crippen LogP contribution in [0.2, 0.25) is 0 Å². The van der Waals surface area contributed by atoms with Crippen molar-refractivity contribution >= 4 is 23.4 Å². The van der Waals surface area contributed by atoms with E-state index < -0.39 is 0 Å². The first-order valence-corrected chi connectivity index (χ1v) is 8.58. The van der Waals surface area contributed by atoms with E-state index in [0.717, 1.165) is 35.8 Å². The Balaban J connectivity index is 1.82. The molecule has 0 spiro atoms. The van der Waals surface area contributed by atoms with Crippen LogP contribution in [0.1, 0.15) is 11.6 Å². The molecule has 1 amide bonds. The molecule has 1 fully saturated rings. The Hall–Kier alpha value is -1.85. The third kappa shape index (κ3) is 3.67. The third-order valence-corrected chi connectivity index (χ3v) is 4.66. The molecule has 0 radical (unpaired) electrons. The molecule has 0 saturated carbocycles. The van der Waals surface area contributed by atoms with Crippen molar-refractivity contribution < 1.29 is 4.79 Å². The molecule has 2 aromatic rings. The van der Waals surface area contributed by atoms with Gasteiger partial charge in [0.05, 0.1) is 0 Å². The highest BCUT2D eigenvalue weighted by Crippen LogP contribution is 2.25. The molecule has 3 rings (SSSR count). The molecule has 1 saturated heterocycles. The number of rotatable bonds is 4. The van der Waals surface area contributed by atoms with E-state index in [1.807, 2.05) is 54.2 Å². The number of benzene rings is 1. The van der Waals surface area contributed by atoms with E-state index in [9.17, 15) is 4.79 Å². The van der Waals surface area contributed by atoms with Gasteiger partial charge in [-0.2, -0.15) is 11.8 Å². The van der Waals surface area contributed by atoms with Crippen molar-refractivity contribution in [1.29, 1.82) is 0 Å². The number of hydrogen-bond acceptors (Lipinski definition) is 4. The third-order valence-electron chi connectivity index (χ3n) is 3.72. The zero-order valence-electron chi connectivity index (χ0n) is 12.3. The predicted octanol–water partition coefficient (Wildman–Crippen LogP) is 2.81. The molecule has 1 unspecified atom stereocenters. The van der Waals surface area contributed by atoms with Gasteiger partial charge in [0.15, 0.2) is 0 Å². The fourth-order valence-electron chi connectivity index (χ4n) is 2.64. The summed E-state index contributed by atoms with van der Waals surface area (Å²) in [6.07, 6.45) is 3.37. The molecule has 1 aliphatic heterocycles. The van der Waals surface area contributed by atoms with Crippen LogP contribution in [0.25, 0.3) is 0 Å². The van der Waals surface area contributed by atoms with Crippen molar-refractivity contribution in [3.63, 3.8) is 0 Å². The molecule has 1 aromatic carbocycles. The molecule has 22 heavy (non-hydrogen) atoms. The predicted molar refractivity (Wildman–Crippen MR) is 90.9 cm³/mol. The van der Waals surface area contributed by atoms with Crippen LogP contribution in [-0.2, 0) is 4.79 Å². The minimum absolute atomic E-state index is 0.0179. The number of nitrogens with zero attached hydrogens (tertiary/aromatic N) is 2. The van der Waals surface area contributed by atoms with E-state index in [1.54, 1.807) is 12.4 Å². The molecule has 1 atom stereocenters. The fraction of sp³-hybridized carbons (Fsp3) is 0.294. The summed E-state index contributed by atoms with van der Waals surface area (Å²) in [5.41, 5.74) is 1.83. The van der Waals surface area contributed by atoms with Gasteiger partial charge in [0.1, 0.15) is 6.04 Å². The molecule has 4 nitrogen and oxygen atoms in total. The van der Waals surface area contributed by atoms with Gasteiger partial charge in [0.25, 0.3) is 0 Å². The van der Waals surface area contributed by atoms with E-state index in [0.29, 0.717) is 0 Å². The Labute approximate surface area is 134 Å². The SMILES string of the molecule is O=C(Nc1ccncc1)C(c1ccccc1)N1CCSCC1. The average Bonchev–Trinajstić information content (AvgIpc) is 2.58. The minimum Gasteiger partial charge on any atom is -0.324 e. The molecular weight excluding hydrogens is 294 g/mol. The summed E-state index contributed by atoms with van der Waals surface area (Å²) < 4.78 is 0. The van der Waals surface area contributed by atoms with E-state index in [1.165, 1.54) is 0 Å².